The van der Waals surface area contributed by atoms with Crippen LogP contribution in [-0.4, -0.2) is 17.3 Å². The number of carbonyl (C=O) groups excluding carboxylic acids is 2. The summed E-state index contributed by atoms with van der Waals surface area (Å²) in [6, 6.07) is 30.1. The van der Waals surface area contributed by atoms with Crippen molar-refractivity contribution in [3.63, 3.8) is 0 Å². The number of allylic oxidation sites excluding steroid dienone is 2. The molecule has 2 aliphatic rings. The van der Waals surface area contributed by atoms with Gasteiger partial charge in [0.05, 0.1) is 0 Å². The van der Waals surface area contributed by atoms with Gasteiger partial charge >= 0.3 is 308 Å². The number of nitrogens with one attached hydrogen (secondary N) is 2. The van der Waals surface area contributed by atoms with E-state index in [-0.39, 0.29) is 7.25 Å². The first kappa shape index (κ1) is 36.6. The number of amides is 2. The molecule has 6 rings (SSSR count). The first-order valence-electron chi connectivity index (χ1n) is 18.1. The van der Waals surface area contributed by atoms with E-state index in [1.165, 1.54) is 33.4 Å². The van der Waals surface area contributed by atoms with E-state index in [0.29, 0.717) is 12.8 Å². The standard InChI is InChI=1S/2C20H21.C2H3BN2O2.2ClH.Zr/c2*1-3-8-15-13-17-10-7-12-19(20(17)14-15)18-11-6-5-9-16(18)4-2;6-1-4-3-5-2-7;;;/h2*5-7,9-14H,3-4,8H2,1-2H3;1-2H,(H-,4,5,6,7);2*1H;/q;;;;;+1/p-1. The van der Waals surface area contributed by atoms with Crippen LogP contribution in [0.15, 0.2) is 96.1 Å². The van der Waals surface area contributed by atoms with Crippen LogP contribution in [-0.2, 0) is 38.6 Å². The minimum absolute atomic E-state index is 0.365. The number of hydrogen-bond acceptors (Lipinski definition) is 2. The third-order valence-electron chi connectivity index (χ3n) is 10.9. The Labute approximate surface area is 305 Å². The van der Waals surface area contributed by atoms with Gasteiger partial charge in [-0.1, -0.05) is 0 Å². The predicted octanol–water partition coefficient (Wildman–Crippen LogP) is 10.8. The topological polar surface area (TPSA) is 58.2 Å². The molecule has 8 heteroatoms. The van der Waals surface area contributed by atoms with Gasteiger partial charge in [-0.05, 0) is 0 Å². The third kappa shape index (κ3) is 6.10. The Hall–Kier alpha value is -3.17. The van der Waals surface area contributed by atoms with E-state index in [9.17, 15) is 9.59 Å². The van der Waals surface area contributed by atoms with Crippen LogP contribution in [0, 0.1) is 0 Å². The summed E-state index contributed by atoms with van der Waals surface area (Å²) in [5.74, 6) is 0. The Balaban J connectivity index is 1.67. The zero-order chi connectivity index (χ0) is 35.5. The fourth-order valence-electron chi connectivity index (χ4n) is 8.90. The summed E-state index contributed by atoms with van der Waals surface area (Å²) in [5.41, 5.74) is 14.0. The molecule has 4 aromatic carbocycles. The molecule has 257 valence electrons. The molecular formula is C42H46BCl2N2O2Zr. The first-order chi connectivity index (χ1) is 24.3. The summed E-state index contributed by atoms with van der Waals surface area (Å²) in [6.45, 7) is 8.72. The molecule has 2 unspecified atom stereocenters. The number of aryl methyl sites for hydroxylation is 2. The Morgan fingerprint density at radius 2 is 1.00 bits per heavy atom. The molecule has 2 atom stereocenters. The number of benzene rings is 4. The fraction of sp³-hybridized carbons (Fsp3) is 0.286. The van der Waals surface area contributed by atoms with Gasteiger partial charge in [0.25, 0.3) is 0 Å². The molecule has 0 fully saturated rings. The van der Waals surface area contributed by atoms with E-state index in [2.05, 4.69) is 135 Å². The molecule has 0 saturated carbocycles. The van der Waals surface area contributed by atoms with Crippen molar-refractivity contribution in [1.82, 2.24) is 10.5 Å². The van der Waals surface area contributed by atoms with Crippen molar-refractivity contribution in [2.45, 2.75) is 73.5 Å². The van der Waals surface area contributed by atoms with Gasteiger partial charge in [0.2, 0.25) is 0 Å². The molecule has 0 heterocycles. The summed E-state index contributed by atoms with van der Waals surface area (Å²) in [5, 5.41) is 5.97. The van der Waals surface area contributed by atoms with Crippen LogP contribution < -0.4 is 10.5 Å². The number of carbonyl (C=O) groups is 2. The Bertz CT molecular complexity index is 1850. The number of rotatable bonds is 15. The van der Waals surface area contributed by atoms with Gasteiger partial charge in [0, 0.05) is 0 Å². The van der Waals surface area contributed by atoms with Crippen LogP contribution >= 0.6 is 17.0 Å². The summed E-state index contributed by atoms with van der Waals surface area (Å²) in [4.78, 5) is 24.9. The molecule has 0 radical (unpaired) electrons. The molecule has 2 amide bonds. The van der Waals surface area contributed by atoms with Crippen LogP contribution in [0.1, 0.15) is 94.0 Å². The van der Waals surface area contributed by atoms with Gasteiger partial charge < -0.3 is 0 Å². The Morgan fingerprint density at radius 3 is 1.38 bits per heavy atom. The van der Waals surface area contributed by atoms with Crippen molar-refractivity contribution in [2.75, 3.05) is 0 Å². The first-order valence-corrected chi connectivity index (χ1v) is 28.7. The van der Waals surface area contributed by atoms with E-state index >= 15 is 0 Å². The van der Waals surface area contributed by atoms with E-state index in [1.54, 1.807) is 0 Å². The van der Waals surface area contributed by atoms with Gasteiger partial charge in [-0.25, -0.2) is 0 Å². The van der Waals surface area contributed by atoms with Crippen molar-refractivity contribution in [3.8, 4) is 22.3 Å². The van der Waals surface area contributed by atoms with Gasteiger partial charge in [-0.2, -0.15) is 0 Å². The maximum atomic E-state index is 12.5. The quantitative estimate of drug-likeness (QED) is 0.0932. The average Bonchev–Trinajstić information content (AvgIpc) is 3.71. The molecule has 0 aliphatic heterocycles. The van der Waals surface area contributed by atoms with Crippen molar-refractivity contribution < 1.29 is 25.8 Å². The molecule has 4 aromatic rings. The van der Waals surface area contributed by atoms with Crippen molar-refractivity contribution in [3.05, 3.63) is 129 Å². The van der Waals surface area contributed by atoms with Crippen LogP contribution in [0.2, 0.25) is 0 Å². The summed E-state index contributed by atoms with van der Waals surface area (Å²) in [6.07, 6.45) is 11.1. The molecule has 0 bridgehead atoms. The van der Waals surface area contributed by atoms with Crippen LogP contribution in [0.4, 0.5) is 0 Å². The van der Waals surface area contributed by atoms with Crippen LogP contribution in [0.25, 0.3) is 34.4 Å². The zero-order valence-electron chi connectivity index (χ0n) is 29.4. The Kier molecular flexibility index (Phi) is 11.1. The Morgan fingerprint density at radius 1 is 0.600 bits per heavy atom. The second kappa shape index (κ2) is 15.2. The minimum atomic E-state index is -5.81. The second-order valence-corrected chi connectivity index (χ2v) is 35.1. The molecule has 0 aromatic heterocycles. The zero-order valence-corrected chi connectivity index (χ0v) is 33.4. The molecule has 0 saturated heterocycles. The molecule has 4 nitrogen and oxygen atoms in total. The molecule has 50 heavy (non-hydrogen) atoms. The van der Waals surface area contributed by atoms with Crippen LogP contribution in [0.3, 0.4) is 0 Å². The SMILES string of the molecule is CCCC1=Cc2c(-c3ccccc3CC)cccc2[CH]1[Zr]([Cl])([Cl])([B](NC=O)NC=O)[CH]1C(CCC)=Cc2c(-c3ccccc3CC)cccc21. The van der Waals surface area contributed by atoms with E-state index in [0.717, 1.165) is 71.9 Å². The molecule has 2 aliphatic carbocycles. The summed E-state index contributed by atoms with van der Waals surface area (Å²) < 4.78 is -1.66. The maximum absolute atomic E-state index is 12.5. The summed E-state index contributed by atoms with van der Waals surface area (Å²) >= 11 is -5.81. The number of fused-ring (bicyclic) bond motifs is 2. The molecular weight excluding hydrogens is 737 g/mol. The van der Waals surface area contributed by atoms with E-state index < -0.39 is 20.7 Å². The van der Waals surface area contributed by atoms with E-state index in [1.807, 2.05) is 0 Å². The van der Waals surface area contributed by atoms with Crippen molar-refractivity contribution in [1.29, 1.82) is 0 Å². The number of halogens is 2. The monoisotopic (exact) mass is 781 g/mol. The van der Waals surface area contributed by atoms with Gasteiger partial charge in [0.1, 0.15) is 0 Å². The number of hydrogen-bond donors (Lipinski definition) is 2. The molecule has 2 N–H and O–H groups in total. The van der Waals surface area contributed by atoms with E-state index in [4.69, 9.17) is 17.0 Å². The molecule has 0 spiro atoms. The normalized spacial score (nSPS) is 17.1. The average molecular weight is 784 g/mol. The predicted molar refractivity (Wildman–Crippen MR) is 210 cm³/mol. The van der Waals surface area contributed by atoms with Crippen LogP contribution in [0.5, 0.6) is 0 Å². The van der Waals surface area contributed by atoms with Gasteiger partial charge in [-0.3, -0.25) is 0 Å². The summed E-state index contributed by atoms with van der Waals surface area (Å²) in [7, 11) is 17.2. The van der Waals surface area contributed by atoms with Gasteiger partial charge in [-0.15, -0.1) is 0 Å². The fourth-order valence-corrected chi connectivity index (χ4v) is 29.6. The van der Waals surface area contributed by atoms with Crippen molar-refractivity contribution >= 4 is 46.5 Å². The third-order valence-corrected chi connectivity index (χ3v) is 30.9. The second-order valence-electron chi connectivity index (χ2n) is 13.7. The van der Waals surface area contributed by atoms with Gasteiger partial charge in [0.15, 0.2) is 0 Å². The van der Waals surface area contributed by atoms with Crippen molar-refractivity contribution in [2.24, 2.45) is 0 Å².